The number of hydrogen-bond acceptors (Lipinski definition) is 5. The van der Waals surface area contributed by atoms with E-state index < -0.39 is 26.1 Å². The molecular weight excluding hydrogens is 447 g/mol. The molecule has 1 fully saturated rings. The van der Waals surface area contributed by atoms with Gasteiger partial charge in [0.1, 0.15) is 0 Å². The van der Waals surface area contributed by atoms with Crippen molar-refractivity contribution in [3.05, 3.63) is 65.2 Å². The Balaban J connectivity index is 1.57. The van der Waals surface area contributed by atoms with Gasteiger partial charge in [-0.05, 0) is 49.0 Å². The molecule has 0 spiro atoms. The van der Waals surface area contributed by atoms with Gasteiger partial charge in [0.2, 0.25) is 0 Å². The monoisotopic (exact) mass is 469 g/mol. The minimum atomic E-state index is -5.46. The van der Waals surface area contributed by atoms with Crippen LogP contribution in [0.15, 0.2) is 53.4 Å². The van der Waals surface area contributed by atoms with Crippen molar-refractivity contribution in [1.82, 2.24) is 15.1 Å². The summed E-state index contributed by atoms with van der Waals surface area (Å²) in [6, 6.07) is 10.3. The van der Waals surface area contributed by atoms with Crippen molar-refractivity contribution in [3.63, 3.8) is 0 Å². The van der Waals surface area contributed by atoms with Crippen molar-refractivity contribution in [2.24, 2.45) is 0 Å². The molecule has 1 aliphatic rings. The molecule has 3 rings (SSSR count). The zero-order valence-electron chi connectivity index (χ0n) is 17.2. The van der Waals surface area contributed by atoms with Gasteiger partial charge in [-0.2, -0.15) is 13.2 Å². The second kappa shape index (κ2) is 9.29. The van der Waals surface area contributed by atoms with Crippen LogP contribution >= 0.6 is 0 Å². The Morgan fingerprint density at radius 1 is 0.906 bits per heavy atom. The molecule has 0 aromatic heterocycles. The van der Waals surface area contributed by atoms with Gasteiger partial charge in [0.15, 0.2) is 0 Å². The summed E-state index contributed by atoms with van der Waals surface area (Å²) < 4.78 is 60.5. The van der Waals surface area contributed by atoms with Crippen LogP contribution in [0, 0.1) is 0 Å². The topological polar surface area (TPSA) is 86.8 Å². The molecule has 1 aliphatic heterocycles. The van der Waals surface area contributed by atoms with Crippen LogP contribution in [0.2, 0.25) is 0 Å². The van der Waals surface area contributed by atoms with E-state index in [0.29, 0.717) is 18.7 Å². The van der Waals surface area contributed by atoms with E-state index in [1.54, 1.807) is 29.2 Å². The molecule has 11 heteroatoms. The molecule has 32 heavy (non-hydrogen) atoms. The molecule has 0 radical (unpaired) electrons. The van der Waals surface area contributed by atoms with E-state index >= 15 is 0 Å². The number of likely N-dealkylation sites (N-methyl/N-ethyl adjacent to an activating group) is 1. The van der Waals surface area contributed by atoms with E-state index in [0.717, 1.165) is 42.9 Å². The van der Waals surface area contributed by atoms with E-state index in [1.165, 1.54) is 0 Å². The van der Waals surface area contributed by atoms with Gasteiger partial charge in [0.05, 0.1) is 4.90 Å². The first-order valence-electron chi connectivity index (χ1n) is 9.75. The number of alkyl halides is 3. The summed E-state index contributed by atoms with van der Waals surface area (Å²) in [4.78, 5) is 27.8. The number of rotatable bonds is 5. The highest BCUT2D eigenvalue weighted by Crippen LogP contribution is 2.30. The maximum absolute atomic E-state index is 12.6. The van der Waals surface area contributed by atoms with E-state index in [1.807, 2.05) is 7.05 Å². The molecule has 2 aromatic rings. The number of sulfone groups is 1. The fourth-order valence-electron chi connectivity index (χ4n) is 3.16. The summed E-state index contributed by atoms with van der Waals surface area (Å²) in [5, 5.41) is 2.61. The van der Waals surface area contributed by atoms with Crippen LogP contribution in [-0.2, 0) is 16.4 Å². The zero-order valence-corrected chi connectivity index (χ0v) is 18.0. The number of amides is 2. The van der Waals surface area contributed by atoms with Crippen LogP contribution in [0.25, 0.3) is 0 Å². The third-order valence-corrected chi connectivity index (χ3v) is 6.68. The summed E-state index contributed by atoms with van der Waals surface area (Å²) in [5.41, 5.74) is -4.11. The van der Waals surface area contributed by atoms with Crippen molar-refractivity contribution < 1.29 is 31.2 Å². The van der Waals surface area contributed by atoms with Gasteiger partial charge in [-0.1, -0.05) is 12.1 Å². The van der Waals surface area contributed by atoms with Crippen LogP contribution in [-0.4, -0.2) is 68.8 Å². The van der Waals surface area contributed by atoms with Crippen LogP contribution in [0.4, 0.5) is 13.2 Å². The lowest BCUT2D eigenvalue weighted by atomic mass is 10.1. The Morgan fingerprint density at radius 2 is 1.44 bits per heavy atom. The molecule has 0 aliphatic carbocycles. The first kappa shape index (κ1) is 23.7. The van der Waals surface area contributed by atoms with Crippen molar-refractivity contribution in [1.29, 1.82) is 0 Å². The maximum Gasteiger partial charge on any atom is 0.501 e. The lowest BCUT2D eigenvalue weighted by Crippen LogP contribution is -2.47. The fraction of sp³-hybridized carbons (Fsp3) is 0.333. The molecule has 2 amide bonds. The molecule has 0 atom stereocenters. The number of piperazine rings is 1. The predicted octanol–water partition coefficient (Wildman–Crippen LogP) is 2.30. The van der Waals surface area contributed by atoms with Gasteiger partial charge in [0, 0.05) is 43.9 Å². The number of nitrogens with one attached hydrogen (secondary N) is 1. The number of nitrogens with zero attached hydrogens (tertiary/aromatic N) is 2. The average molecular weight is 469 g/mol. The van der Waals surface area contributed by atoms with E-state index in [-0.39, 0.29) is 18.0 Å². The quantitative estimate of drug-likeness (QED) is 0.726. The molecule has 0 unspecified atom stereocenters. The highest BCUT2D eigenvalue weighted by molar-refractivity contribution is 7.92. The summed E-state index contributed by atoms with van der Waals surface area (Å²) >= 11 is 0. The second-order valence-electron chi connectivity index (χ2n) is 7.45. The molecule has 172 valence electrons. The van der Waals surface area contributed by atoms with Crippen molar-refractivity contribution in [2.45, 2.75) is 16.9 Å². The number of carbonyl (C=O) groups excluding carboxylic acids is 2. The largest absolute Gasteiger partial charge is 0.501 e. The minimum Gasteiger partial charge on any atom is -0.348 e. The van der Waals surface area contributed by atoms with Crippen LogP contribution in [0.3, 0.4) is 0 Å². The van der Waals surface area contributed by atoms with E-state index in [2.05, 4.69) is 10.2 Å². The van der Waals surface area contributed by atoms with Crippen molar-refractivity contribution >= 4 is 21.7 Å². The average Bonchev–Trinajstić information content (AvgIpc) is 2.77. The first-order chi connectivity index (χ1) is 15.0. The molecular formula is C21H22F3N3O4S. The van der Waals surface area contributed by atoms with Crippen molar-refractivity contribution in [3.8, 4) is 0 Å². The third-order valence-electron chi connectivity index (χ3n) is 5.18. The summed E-state index contributed by atoms with van der Waals surface area (Å²) in [6.45, 7) is 3.09. The van der Waals surface area contributed by atoms with Crippen LogP contribution in [0.5, 0.6) is 0 Å². The Hall–Kier alpha value is -2.92. The van der Waals surface area contributed by atoms with Crippen LogP contribution in [0.1, 0.15) is 26.3 Å². The number of benzene rings is 2. The van der Waals surface area contributed by atoms with Gasteiger partial charge in [-0.25, -0.2) is 8.42 Å². The lowest BCUT2D eigenvalue weighted by Gasteiger charge is -2.32. The Bertz CT molecular complexity index is 1080. The molecule has 1 N–H and O–H groups in total. The highest BCUT2D eigenvalue weighted by atomic mass is 32.2. The minimum absolute atomic E-state index is 0.0213. The van der Waals surface area contributed by atoms with Crippen LogP contribution < -0.4 is 5.32 Å². The van der Waals surface area contributed by atoms with Gasteiger partial charge >= 0.3 is 5.51 Å². The summed E-state index contributed by atoms with van der Waals surface area (Å²) in [5.74, 6) is -0.624. The Labute approximate surface area is 183 Å². The third kappa shape index (κ3) is 5.28. The standard InChI is InChI=1S/C21H22F3N3O4S/c1-26-10-12-27(13-11-26)20(29)17-4-2-15(3-5-17)14-25-19(28)16-6-8-18(9-7-16)32(30,31)21(22,23)24/h2-9H,10-14H2,1H3,(H,25,28). The smallest absolute Gasteiger partial charge is 0.348 e. The van der Waals surface area contributed by atoms with Gasteiger partial charge < -0.3 is 15.1 Å². The summed E-state index contributed by atoms with van der Waals surface area (Å²) in [7, 11) is -3.46. The molecule has 2 aromatic carbocycles. The van der Waals surface area contributed by atoms with Gasteiger partial charge in [0.25, 0.3) is 21.7 Å². The molecule has 7 nitrogen and oxygen atoms in total. The molecule has 1 heterocycles. The van der Waals surface area contributed by atoms with E-state index in [9.17, 15) is 31.2 Å². The first-order valence-corrected chi connectivity index (χ1v) is 11.2. The molecule has 0 saturated carbocycles. The predicted molar refractivity (Wildman–Crippen MR) is 111 cm³/mol. The van der Waals surface area contributed by atoms with Gasteiger partial charge in [-0.15, -0.1) is 0 Å². The zero-order chi connectivity index (χ0) is 23.5. The summed E-state index contributed by atoms with van der Waals surface area (Å²) in [6.07, 6.45) is 0. The highest BCUT2D eigenvalue weighted by Gasteiger charge is 2.46. The van der Waals surface area contributed by atoms with E-state index in [4.69, 9.17) is 0 Å². The van der Waals surface area contributed by atoms with Crippen molar-refractivity contribution in [2.75, 3.05) is 33.2 Å². The number of hydrogen-bond donors (Lipinski definition) is 1. The fourth-order valence-corrected chi connectivity index (χ4v) is 3.92. The lowest BCUT2D eigenvalue weighted by molar-refractivity contribution is -0.0436. The molecule has 0 bridgehead atoms. The molecule has 1 saturated heterocycles. The normalized spacial score (nSPS) is 15.4. The number of halogens is 3. The van der Waals surface area contributed by atoms with Gasteiger partial charge in [-0.3, -0.25) is 9.59 Å². The Kier molecular flexibility index (Phi) is 6.89. The second-order valence-corrected chi connectivity index (χ2v) is 9.39. The number of carbonyl (C=O) groups is 2. The SMILES string of the molecule is CN1CCN(C(=O)c2ccc(CNC(=O)c3ccc(S(=O)(=O)C(F)(F)F)cc3)cc2)CC1. The Morgan fingerprint density at radius 3 is 1.97 bits per heavy atom. The maximum atomic E-state index is 12.6.